The number of piperidine rings is 1. The van der Waals surface area contributed by atoms with Crippen LogP contribution in [0.15, 0.2) is 66.9 Å². The Balaban J connectivity index is 1.32. The third-order valence-corrected chi connectivity index (χ3v) is 6.37. The third kappa shape index (κ3) is 4.70. The molecule has 2 aliphatic rings. The quantitative estimate of drug-likeness (QED) is 0.615. The van der Waals surface area contributed by atoms with E-state index in [0.29, 0.717) is 25.7 Å². The van der Waals surface area contributed by atoms with Crippen molar-refractivity contribution in [2.24, 2.45) is 0 Å². The summed E-state index contributed by atoms with van der Waals surface area (Å²) in [6.07, 6.45) is 5.73. The van der Waals surface area contributed by atoms with Crippen LogP contribution < -0.4 is 15.1 Å². The molecule has 0 bridgehead atoms. The normalized spacial score (nSPS) is 19.1. The van der Waals surface area contributed by atoms with Crippen molar-refractivity contribution in [3.63, 3.8) is 0 Å². The highest BCUT2D eigenvalue weighted by molar-refractivity contribution is 5.55. The van der Waals surface area contributed by atoms with Crippen LogP contribution in [0.1, 0.15) is 36.4 Å². The summed E-state index contributed by atoms with van der Waals surface area (Å²) in [6.45, 7) is 5.18. The van der Waals surface area contributed by atoms with Gasteiger partial charge in [0.1, 0.15) is 5.82 Å². The van der Waals surface area contributed by atoms with Gasteiger partial charge in [0, 0.05) is 38.1 Å². The largest absolute Gasteiger partial charge is 0.377 e. The van der Waals surface area contributed by atoms with Gasteiger partial charge in [0.2, 0.25) is 5.95 Å². The number of aromatic nitrogens is 2. The van der Waals surface area contributed by atoms with Gasteiger partial charge >= 0.3 is 0 Å². The third-order valence-electron chi connectivity index (χ3n) is 6.37. The van der Waals surface area contributed by atoms with Crippen molar-refractivity contribution in [3.8, 4) is 0 Å². The molecule has 0 aliphatic carbocycles. The maximum Gasteiger partial charge on any atom is 0.224 e. The van der Waals surface area contributed by atoms with E-state index in [9.17, 15) is 0 Å². The molecule has 0 spiro atoms. The van der Waals surface area contributed by atoms with Crippen LogP contribution in [-0.4, -0.2) is 42.8 Å². The average molecular weight is 430 g/mol. The van der Waals surface area contributed by atoms with E-state index in [1.165, 1.54) is 36.1 Å². The molecular weight excluding hydrogens is 398 g/mol. The van der Waals surface area contributed by atoms with Crippen LogP contribution in [0.25, 0.3) is 0 Å². The van der Waals surface area contributed by atoms with E-state index in [-0.39, 0.29) is 6.04 Å². The standard InChI is InChI=1S/C26H31N5O/c1-3-9-21(10-4-1)24-20-32-18-17-31(24)25-13-14-27-26(29-25)28-19-22-11-5-6-12-23(22)30-15-7-2-8-16-30/h1,3-6,9-14,24H,2,7-8,15-20H2,(H,27,28,29). The first kappa shape index (κ1) is 20.8. The Morgan fingerprint density at radius 3 is 2.59 bits per heavy atom. The van der Waals surface area contributed by atoms with Crippen molar-refractivity contribution in [2.75, 3.05) is 48.0 Å². The van der Waals surface area contributed by atoms with Crippen LogP contribution in [-0.2, 0) is 11.3 Å². The SMILES string of the molecule is c1ccc(C2COCCN2c2ccnc(NCc3ccccc3N3CCCCC3)n2)cc1. The number of hydrogen-bond donors (Lipinski definition) is 1. The number of morpholine rings is 1. The molecule has 2 aromatic carbocycles. The molecule has 0 amide bonds. The number of rotatable bonds is 6. The summed E-state index contributed by atoms with van der Waals surface area (Å²) in [4.78, 5) is 14.2. The van der Waals surface area contributed by atoms with Crippen LogP contribution in [0.3, 0.4) is 0 Å². The molecule has 0 saturated carbocycles. The first-order valence-corrected chi connectivity index (χ1v) is 11.7. The molecule has 3 aromatic rings. The number of benzene rings is 2. The highest BCUT2D eigenvalue weighted by Crippen LogP contribution is 2.29. The molecule has 3 heterocycles. The summed E-state index contributed by atoms with van der Waals surface area (Å²) in [7, 11) is 0. The summed E-state index contributed by atoms with van der Waals surface area (Å²) in [5, 5.41) is 3.47. The summed E-state index contributed by atoms with van der Waals surface area (Å²) in [6, 6.07) is 21.4. The van der Waals surface area contributed by atoms with Crippen LogP contribution in [0.2, 0.25) is 0 Å². The highest BCUT2D eigenvalue weighted by atomic mass is 16.5. The Morgan fingerprint density at radius 1 is 0.906 bits per heavy atom. The number of anilines is 3. The zero-order chi connectivity index (χ0) is 21.6. The second kappa shape index (κ2) is 10.0. The van der Waals surface area contributed by atoms with E-state index in [0.717, 1.165) is 25.5 Å². The lowest BCUT2D eigenvalue weighted by atomic mass is 10.1. The minimum Gasteiger partial charge on any atom is -0.377 e. The Labute approximate surface area is 190 Å². The molecule has 6 nitrogen and oxygen atoms in total. The van der Waals surface area contributed by atoms with Crippen LogP contribution in [0.5, 0.6) is 0 Å². The highest BCUT2D eigenvalue weighted by Gasteiger charge is 2.26. The first-order chi connectivity index (χ1) is 15.9. The fourth-order valence-corrected chi connectivity index (χ4v) is 4.70. The van der Waals surface area contributed by atoms with E-state index in [1.54, 1.807) is 0 Å². The maximum atomic E-state index is 5.79. The molecule has 0 radical (unpaired) electrons. The van der Waals surface area contributed by atoms with E-state index in [4.69, 9.17) is 9.72 Å². The molecule has 6 heteroatoms. The molecule has 5 rings (SSSR count). The second-order valence-corrected chi connectivity index (χ2v) is 8.46. The van der Waals surface area contributed by atoms with Gasteiger partial charge in [-0.15, -0.1) is 0 Å². The molecule has 32 heavy (non-hydrogen) atoms. The maximum absolute atomic E-state index is 5.79. The Hall–Kier alpha value is -3.12. The van der Waals surface area contributed by atoms with E-state index in [1.807, 2.05) is 18.3 Å². The predicted molar refractivity (Wildman–Crippen MR) is 129 cm³/mol. The smallest absolute Gasteiger partial charge is 0.224 e. The first-order valence-electron chi connectivity index (χ1n) is 11.7. The number of para-hydroxylation sites is 1. The molecule has 1 unspecified atom stereocenters. The van der Waals surface area contributed by atoms with E-state index >= 15 is 0 Å². The zero-order valence-corrected chi connectivity index (χ0v) is 18.5. The molecule has 166 valence electrons. The van der Waals surface area contributed by atoms with Crippen LogP contribution in [0.4, 0.5) is 17.5 Å². The van der Waals surface area contributed by atoms with Gasteiger partial charge in [-0.25, -0.2) is 4.98 Å². The molecular formula is C26H31N5O. The summed E-state index contributed by atoms with van der Waals surface area (Å²) in [5.74, 6) is 1.60. The molecule has 1 atom stereocenters. The van der Waals surface area contributed by atoms with Gasteiger partial charge in [-0.3, -0.25) is 0 Å². The minimum absolute atomic E-state index is 0.160. The van der Waals surface area contributed by atoms with Gasteiger partial charge in [0.15, 0.2) is 0 Å². The van der Waals surface area contributed by atoms with Crippen molar-refractivity contribution in [2.45, 2.75) is 31.8 Å². The fraction of sp³-hybridized carbons (Fsp3) is 0.385. The van der Waals surface area contributed by atoms with Crippen molar-refractivity contribution in [3.05, 3.63) is 78.0 Å². The van der Waals surface area contributed by atoms with Crippen molar-refractivity contribution < 1.29 is 4.74 Å². The molecule has 2 fully saturated rings. The lowest BCUT2D eigenvalue weighted by Crippen LogP contribution is -2.40. The lowest BCUT2D eigenvalue weighted by molar-refractivity contribution is 0.0937. The van der Waals surface area contributed by atoms with Crippen LogP contribution in [0, 0.1) is 0 Å². The summed E-state index contributed by atoms with van der Waals surface area (Å²) < 4.78 is 5.79. The van der Waals surface area contributed by atoms with E-state index < -0.39 is 0 Å². The topological polar surface area (TPSA) is 53.5 Å². The molecule has 1 N–H and O–H groups in total. The summed E-state index contributed by atoms with van der Waals surface area (Å²) in [5.41, 5.74) is 3.86. The minimum atomic E-state index is 0.160. The van der Waals surface area contributed by atoms with Gasteiger partial charge < -0.3 is 19.9 Å². The Morgan fingerprint density at radius 2 is 1.72 bits per heavy atom. The Kier molecular flexibility index (Phi) is 6.49. The van der Waals surface area contributed by atoms with E-state index in [2.05, 4.69) is 68.6 Å². The van der Waals surface area contributed by atoms with Gasteiger partial charge in [-0.1, -0.05) is 48.5 Å². The predicted octanol–water partition coefficient (Wildman–Crippen LogP) is 4.66. The van der Waals surface area contributed by atoms with Gasteiger partial charge in [-0.2, -0.15) is 4.98 Å². The fourth-order valence-electron chi connectivity index (χ4n) is 4.70. The van der Waals surface area contributed by atoms with Crippen LogP contribution >= 0.6 is 0 Å². The van der Waals surface area contributed by atoms with Gasteiger partial charge in [0.25, 0.3) is 0 Å². The number of nitrogens with zero attached hydrogens (tertiary/aromatic N) is 4. The lowest BCUT2D eigenvalue weighted by Gasteiger charge is -2.36. The molecule has 2 aliphatic heterocycles. The van der Waals surface area contributed by atoms with Crippen molar-refractivity contribution >= 4 is 17.5 Å². The number of hydrogen-bond acceptors (Lipinski definition) is 6. The zero-order valence-electron chi connectivity index (χ0n) is 18.5. The van der Waals surface area contributed by atoms with Crippen molar-refractivity contribution in [1.29, 1.82) is 0 Å². The summed E-state index contributed by atoms with van der Waals surface area (Å²) >= 11 is 0. The van der Waals surface area contributed by atoms with Crippen molar-refractivity contribution in [1.82, 2.24) is 9.97 Å². The Bertz CT molecular complexity index is 1010. The monoisotopic (exact) mass is 429 g/mol. The number of nitrogens with one attached hydrogen (secondary N) is 1. The van der Waals surface area contributed by atoms with Gasteiger partial charge in [-0.05, 0) is 42.5 Å². The van der Waals surface area contributed by atoms with Gasteiger partial charge in [0.05, 0.1) is 19.3 Å². The number of ether oxygens (including phenoxy) is 1. The molecule has 1 aromatic heterocycles. The average Bonchev–Trinajstić information content (AvgIpc) is 2.89. The molecule has 2 saturated heterocycles. The second-order valence-electron chi connectivity index (χ2n) is 8.46.